The minimum Gasteiger partial charge on any atom is -0.387 e. The van der Waals surface area contributed by atoms with E-state index in [1.54, 1.807) is 16.2 Å². The van der Waals surface area contributed by atoms with Gasteiger partial charge in [-0.25, -0.2) is 4.98 Å². The Morgan fingerprint density at radius 2 is 1.97 bits per heavy atom. The van der Waals surface area contributed by atoms with Crippen molar-refractivity contribution in [2.75, 3.05) is 13.1 Å². The second-order valence-electron chi connectivity index (χ2n) is 9.90. The second kappa shape index (κ2) is 9.27. The van der Waals surface area contributed by atoms with Crippen molar-refractivity contribution >= 4 is 23.0 Å². The number of thiazole rings is 1. The van der Waals surface area contributed by atoms with Crippen LogP contribution in [0.2, 0.25) is 0 Å². The largest absolute Gasteiger partial charge is 0.435 e. The molecule has 37 heavy (non-hydrogen) atoms. The number of benzene rings is 1. The molecule has 0 bridgehead atoms. The van der Waals surface area contributed by atoms with Crippen LogP contribution in [-0.2, 0) is 28.8 Å². The molecule has 7 nitrogen and oxygen atoms in total. The molecular formula is C26H26F3N5O2S. The van der Waals surface area contributed by atoms with Gasteiger partial charge in [0.2, 0.25) is 5.91 Å². The molecule has 1 aliphatic carbocycles. The molecule has 3 aromatic rings. The summed E-state index contributed by atoms with van der Waals surface area (Å²) in [7, 11) is 0. The smallest absolute Gasteiger partial charge is 0.387 e. The molecule has 1 amide bonds. The number of halogens is 3. The van der Waals surface area contributed by atoms with Crippen molar-refractivity contribution in [2.24, 2.45) is 11.1 Å². The van der Waals surface area contributed by atoms with Gasteiger partial charge < -0.3 is 9.74 Å². The molecule has 4 heterocycles. The zero-order chi connectivity index (χ0) is 25.7. The van der Waals surface area contributed by atoms with Crippen molar-refractivity contribution < 1.29 is 22.8 Å². The maximum absolute atomic E-state index is 12.9. The lowest BCUT2D eigenvalue weighted by Crippen LogP contribution is -2.40. The quantitative estimate of drug-likeness (QED) is 0.471. The number of aryl methyl sites for hydroxylation is 2. The van der Waals surface area contributed by atoms with Crippen LogP contribution in [0.4, 0.5) is 13.2 Å². The topological polar surface area (TPSA) is 72.6 Å². The van der Waals surface area contributed by atoms with Gasteiger partial charge in [-0.2, -0.15) is 18.3 Å². The number of likely N-dealkylation sites (tertiary alicyclic amines) is 1. The van der Waals surface area contributed by atoms with Crippen LogP contribution in [0.25, 0.3) is 0 Å². The molecule has 1 saturated heterocycles. The highest BCUT2D eigenvalue weighted by molar-refractivity contribution is 7.10. The van der Waals surface area contributed by atoms with Gasteiger partial charge in [0.05, 0.1) is 16.6 Å². The van der Waals surface area contributed by atoms with Crippen LogP contribution in [0.15, 0.2) is 40.9 Å². The maximum Gasteiger partial charge on any atom is 0.435 e. The van der Waals surface area contributed by atoms with Crippen LogP contribution in [0.3, 0.4) is 0 Å². The lowest BCUT2D eigenvalue weighted by Gasteiger charge is -2.31. The van der Waals surface area contributed by atoms with E-state index in [2.05, 4.69) is 33.8 Å². The second-order valence-corrected chi connectivity index (χ2v) is 10.8. The molecule has 2 aromatic heterocycles. The summed E-state index contributed by atoms with van der Waals surface area (Å²) >= 11 is 1.62. The van der Waals surface area contributed by atoms with Gasteiger partial charge in [-0.05, 0) is 49.8 Å². The molecule has 0 saturated carbocycles. The number of amides is 1. The first-order chi connectivity index (χ1) is 17.8. The molecule has 1 fully saturated rings. The highest BCUT2D eigenvalue weighted by Gasteiger charge is 2.41. The Bertz CT molecular complexity index is 1360. The molecule has 0 spiro atoms. The van der Waals surface area contributed by atoms with E-state index in [9.17, 15) is 18.0 Å². The summed E-state index contributed by atoms with van der Waals surface area (Å²) in [4.78, 5) is 25.3. The number of hydrogen-bond acceptors (Lipinski definition) is 6. The number of oxime groups is 1. The molecular weight excluding hydrogens is 503 g/mol. The summed E-state index contributed by atoms with van der Waals surface area (Å²) < 4.78 is 39.9. The van der Waals surface area contributed by atoms with E-state index < -0.39 is 11.9 Å². The fourth-order valence-electron chi connectivity index (χ4n) is 5.55. The highest BCUT2D eigenvalue weighted by Crippen LogP contribution is 2.43. The van der Waals surface area contributed by atoms with Gasteiger partial charge in [0.1, 0.15) is 12.3 Å². The molecule has 1 aromatic carbocycles. The zero-order valence-electron chi connectivity index (χ0n) is 20.2. The number of alkyl halides is 3. The molecule has 0 N–H and O–H groups in total. The molecule has 0 radical (unpaired) electrons. The first kappa shape index (κ1) is 24.1. The Labute approximate surface area is 215 Å². The summed E-state index contributed by atoms with van der Waals surface area (Å²) in [5, 5.41) is 11.1. The Kier molecular flexibility index (Phi) is 6.05. The fraction of sp³-hybridized carbons (Fsp3) is 0.462. The van der Waals surface area contributed by atoms with E-state index in [1.165, 1.54) is 18.1 Å². The SMILES string of the molecule is Cc1cc(C(F)(F)F)nn1CC(=O)N1CCC(c2nc(C3=NOC4c5ccccc5CCC34)cs2)CC1. The molecule has 2 aliphatic heterocycles. The maximum atomic E-state index is 12.9. The van der Waals surface area contributed by atoms with Crippen LogP contribution < -0.4 is 0 Å². The van der Waals surface area contributed by atoms with E-state index in [0.29, 0.717) is 18.8 Å². The van der Waals surface area contributed by atoms with Crippen molar-refractivity contribution in [2.45, 2.75) is 57.3 Å². The minimum atomic E-state index is -4.53. The third-order valence-electron chi connectivity index (χ3n) is 7.61. The number of carbonyl (C=O) groups excluding carboxylic acids is 1. The van der Waals surface area contributed by atoms with Gasteiger partial charge in [-0.1, -0.05) is 29.4 Å². The fourth-order valence-corrected chi connectivity index (χ4v) is 6.54. The normalized spacial score (nSPS) is 21.8. The van der Waals surface area contributed by atoms with Gasteiger partial charge in [0.25, 0.3) is 0 Å². The van der Waals surface area contributed by atoms with Crippen LogP contribution in [-0.4, -0.2) is 44.4 Å². The Morgan fingerprint density at radius 1 is 1.19 bits per heavy atom. The number of piperidine rings is 1. The Hall–Kier alpha value is -3.21. The van der Waals surface area contributed by atoms with E-state index in [1.807, 2.05) is 6.07 Å². The third kappa shape index (κ3) is 4.54. The van der Waals surface area contributed by atoms with Crippen molar-refractivity contribution in [1.29, 1.82) is 0 Å². The van der Waals surface area contributed by atoms with Crippen LogP contribution >= 0.6 is 11.3 Å². The van der Waals surface area contributed by atoms with Gasteiger partial charge in [-0.3, -0.25) is 9.48 Å². The van der Waals surface area contributed by atoms with Gasteiger partial charge in [-0.15, -0.1) is 11.3 Å². The monoisotopic (exact) mass is 529 g/mol. The number of rotatable bonds is 4. The van der Waals surface area contributed by atoms with E-state index >= 15 is 0 Å². The van der Waals surface area contributed by atoms with E-state index in [4.69, 9.17) is 9.82 Å². The lowest BCUT2D eigenvalue weighted by atomic mass is 9.79. The molecule has 3 aliphatic rings. The number of fused-ring (bicyclic) bond motifs is 3. The molecule has 194 valence electrons. The first-order valence-electron chi connectivity index (χ1n) is 12.4. The first-order valence-corrected chi connectivity index (χ1v) is 13.3. The molecule has 2 atom stereocenters. The summed E-state index contributed by atoms with van der Waals surface area (Å²) in [6.45, 7) is 2.40. The van der Waals surface area contributed by atoms with Gasteiger partial charge in [0, 0.05) is 30.1 Å². The summed E-state index contributed by atoms with van der Waals surface area (Å²) in [5.74, 6) is 0.212. The molecule has 11 heteroatoms. The number of nitrogens with zero attached hydrogens (tertiary/aromatic N) is 5. The predicted molar refractivity (Wildman–Crippen MR) is 131 cm³/mol. The van der Waals surface area contributed by atoms with Crippen molar-refractivity contribution in [3.63, 3.8) is 0 Å². The van der Waals surface area contributed by atoms with E-state index in [0.717, 1.165) is 52.8 Å². The number of aromatic nitrogens is 3. The van der Waals surface area contributed by atoms with Crippen molar-refractivity contribution in [3.8, 4) is 0 Å². The van der Waals surface area contributed by atoms with Crippen LogP contribution in [0.1, 0.15) is 64.5 Å². The minimum absolute atomic E-state index is 0.0509. The summed E-state index contributed by atoms with van der Waals surface area (Å²) in [6, 6.07) is 9.34. The zero-order valence-corrected chi connectivity index (χ0v) is 21.1. The van der Waals surface area contributed by atoms with Crippen molar-refractivity contribution in [3.05, 3.63) is 68.9 Å². The Balaban J connectivity index is 1.07. The van der Waals surface area contributed by atoms with Gasteiger partial charge in [0.15, 0.2) is 11.8 Å². The summed E-state index contributed by atoms with van der Waals surface area (Å²) in [5.41, 5.74) is 3.67. The summed E-state index contributed by atoms with van der Waals surface area (Å²) in [6.07, 6.45) is -1.08. The van der Waals surface area contributed by atoms with Crippen molar-refractivity contribution in [1.82, 2.24) is 19.7 Å². The Morgan fingerprint density at radius 3 is 2.73 bits per heavy atom. The van der Waals surface area contributed by atoms with Crippen LogP contribution in [0, 0.1) is 12.8 Å². The average molecular weight is 530 g/mol. The van der Waals surface area contributed by atoms with E-state index in [-0.39, 0.29) is 30.4 Å². The molecule has 2 unspecified atom stereocenters. The number of hydrogen-bond donors (Lipinski definition) is 0. The standard InChI is InChI=1S/C26H26F3N5O2S/c1-15-12-21(26(27,28)29)31-34(15)13-22(35)33-10-8-17(9-11-33)25-30-20(14-37-25)23-19-7-6-16-4-2-3-5-18(16)24(19)36-32-23/h2-5,12,14,17,19,24H,6-11,13H2,1H3. The van der Waals surface area contributed by atoms with Gasteiger partial charge >= 0.3 is 6.18 Å². The predicted octanol–water partition coefficient (Wildman–Crippen LogP) is 5.11. The van der Waals surface area contributed by atoms with Crippen LogP contribution in [0.5, 0.6) is 0 Å². The number of carbonyl (C=O) groups is 1. The highest BCUT2D eigenvalue weighted by atomic mass is 32.1. The molecule has 6 rings (SSSR count). The third-order valence-corrected chi connectivity index (χ3v) is 8.61. The average Bonchev–Trinajstić information content (AvgIpc) is 3.62. The lowest BCUT2D eigenvalue weighted by molar-refractivity contribution is -0.142.